The van der Waals surface area contributed by atoms with Gasteiger partial charge in [-0.05, 0) is 18.2 Å². The molecule has 1 heterocycles. The van der Waals surface area contributed by atoms with E-state index < -0.39 is 17.7 Å². The molecule has 1 aromatic heterocycles. The number of oxazole rings is 1. The number of carbonyl (C=O) groups excluding carboxylic acids is 1. The van der Waals surface area contributed by atoms with Gasteiger partial charge in [-0.1, -0.05) is 11.6 Å². The van der Waals surface area contributed by atoms with Crippen LogP contribution in [0.4, 0.5) is 13.2 Å². The summed E-state index contributed by atoms with van der Waals surface area (Å²) in [5.41, 5.74) is -1.03. The number of halogens is 4. The smallest absolute Gasteiger partial charge is 0.416 e. The lowest BCUT2D eigenvalue weighted by molar-refractivity contribution is -0.137. The summed E-state index contributed by atoms with van der Waals surface area (Å²) in [6.07, 6.45) is -3.44. The highest BCUT2D eigenvalue weighted by Crippen LogP contribution is 2.34. The van der Waals surface area contributed by atoms with E-state index in [4.69, 9.17) is 20.8 Å². The lowest BCUT2D eigenvalue weighted by atomic mass is 10.2. The Bertz CT molecular complexity index is 652. The molecule has 0 spiro atoms. The molecule has 2 rings (SSSR count). The molecule has 0 aliphatic rings. The number of rotatable bonds is 2. The number of hydrogen-bond acceptors (Lipinski definition) is 4. The predicted octanol–water partition coefficient (Wildman–Crippen LogP) is 3.87. The summed E-state index contributed by atoms with van der Waals surface area (Å²) >= 11 is 5.65. The van der Waals surface area contributed by atoms with E-state index in [2.05, 4.69) is 4.98 Å². The van der Waals surface area contributed by atoms with Gasteiger partial charge in [0.25, 0.3) is 0 Å². The highest BCUT2D eigenvalue weighted by atomic mass is 35.5. The van der Waals surface area contributed by atoms with Gasteiger partial charge in [-0.15, -0.1) is 0 Å². The third-order valence-electron chi connectivity index (χ3n) is 2.29. The molecular weight excluding hydrogens is 299 g/mol. The van der Waals surface area contributed by atoms with Crippen LogP contribution in [0.25, 0.3) is 0 Å². The van der Waals surface area contributed by atoms with E-state index in [-0.39, 0.29) is 22.4 Å². The van der Waals surface area contributed by atoms with Gasteiger partial charge in [-0.25, -0.2) is 9.78 Å². The fraction of sp³-hybridized carbons (Fsp3) is 0.167. The maximum atomic E-state index is 12.4. The lowest BCUT2D eigenvalue weighted by Gasteiger charge is -2.09. The van der Waals surface area contributed by atoms with Crippen LogP contribution in [0, 0.1) is 6.92 Å². The van der Waals surface area contributed by atoms with Gasteiger partial charge in [0.05, 0.1) is 10.6 Å². The van der Waals surface area contributed by atoms with Crippen molar-refractivity contribution in [3.05, 3.63) is 46.6 Å². The van der Waals surface area contributed by atoms with Crippen LogP contribution in [0.2, 0.25) is 5.02 Å². The Hall–Kier alpha value is -2.02. The summed E-state index contributed by atoms with van der Waals surface area (Å²) < 4.78 is 47.0. The molecule has 2 aromatic rings. The molecule has 4 nitrogen and oxygen atoms in total. The molecule has 106 valence electrons. The highest BCUT2D eigenvalue weighted by Gasteiger charge is 2.31. The van der Waals surface area contributed by atoms with Gasteiger partial charge in [-0.2, -0.15) is 13.2 Å². The van der Waals surface area contributed by atoms with Crippen LogP contribution in [-0.2, 0) is 6.18 Å². The predicted molar refractivity (Wildman–Crippen MR) is 62.7 cm³/mol. The van der Waals surface area contributed by atoms with Crippen molar-refractivity contribution in [1.29, 1.82) is 0 Å². The van der Waals surface area contributed by atoms with Crippen molar-refractivity contribution in [3.8, 4) is 5.75 Å². The Labute approximate surface area is 116 Å². The Morgan fingerprint density at radius 1 is 1.40 bits per heavy atom. The van der Waals surface area contributed by atoms with E-state index in [0.717, 1.165) is 18.4 Å². The average Bonchev–Trinajstić information content (AvgIpc) is 2.77. The van der Waals surface area contributed by atoms with Gasteiger partial charge in [0, 0.05) is 6.92 Å². The Kier molecular flexibility index (Phi) is 3.71. The zero-order valence-corrected chi connectivity index (χ0v) is 10.7. The topological polar surface area (TPSA) is 52.3 Å². The molecule has 0 aliphatic heterocycles. The van der Waals surface area contributed by atoms with Gasteiger partial charge in [0.1, 0.15) is 12.0 Å². The summed E-state index contributed by atoms with van der Waals surface area (Å²) in [6.45, 7) is 1.53. The number of nitrogens with zero attached hydrogens (tertiary/aromatic N) is 1. The first-order valence-corrected chi connectivity index (χ1v) is 5.66. The van der Waals surface area contributed by atoms with Gasteiger partial charge >= 0.3 is 12.1 Å². The Balaban J connectivity index is 2.20. The van der Waals surface area contributed by atoms with Crippen molar-refractivity contribution in [2.75, 3.05) is 0 Å². The van der Waals surface area contributed by atoms with E-state index in [0.29, 0.717) is 6.07 Å². The normalized spacial score (nSPS) is 11.4. The highest BCUT2D eigenvalue weighted by molar-refractivity contribution is 6.32. The molecule has 0 N–H and O–H groups in total. The standard InChI is InChI=1S/C12H7ClF3NO3/c1-6-17-9(5-19-6)11(18)20-10-3-2-7(4-8(10)13)12(14,15)16/h2-5H,1H3. The minimum absolute atomic E-state index is 0.0986. The van der Waals surface area contributed by atoms with Crippen molar-refractivity contribution in [2.24, 2.45) is 0 Å². The molecule has 0 atom stereocenters. The van der Waals surface area contributed by atoms with E-state index in [1.165, 1.54) is 6.92 Å². The molecule has 1 aromatic carbocycles. The summed E-state index contributed by atoms with van der Waals surface area (Å²) in [7, 11) is 0. The first-order valence-electron chi connectivity index (χ1n) is 5.28. The maximum Gasteiger partial charge on any atom is 0.416 e. The van der Waals surface area contributed by atoms with Crippen molar-refractivity contribution in [1.82, 2.24) is 4.98 Å². The second-order valence-corrected chi connectivity index (χ2v) is 4.19. The Morgan fingerprint density at radius 2 is 2.10 bits per heavy atom. The second-order valence-electron chi connectivity index (χ2n) is 3.78. The molecule has 0 saturated carbocycles. The molecular formula is C12H7ClF3NO3. The number of aryl methyl sites for hydroxylation is 1. The molecule has 0 amide bonds. The molecule has 0 fully saturated rings. The number of alkyl halides is 3. The van der Waals surface area contributed by atoms with Crippen molar-refractivity contribution < 1.29 is 27.1 Å². The van der Waals surface area contributed by atoms with Crippen LogP contribution < -0.4 is 4.74 Å². The number of carbonyl (C=O) groups is 1. The molecule has 0 saturated heterocycles. The molecule has 0 radical (unpaired) electrons. The number of aromatic nitrogens is 1. The monoisotopic (exact) mass is 305 g/mol. The molecule has 20 heavy (non-hydrogen) atoms. The SMILES string of the molecule is Cc1nc(C(=O)Oc2ccc(C(F)(F)F)cc2Cl)co1. The fourth-order valence-corrected chi connectivity index (χ4v) is 1.59. The quantitative estimate of drug-likeness (QED) is 0.624. The van der Waals surface area contributed by atoms with E-state index in [1.807, 2.05) is 0 Å². The molecule has 0 bridgehead atoms. The first kappa shape index (κ1) is 14.4. The zero-order chi connectivity index (χ0) is 14.9. The largest absolute Gasteiger partial charge is 0.448 e. The van der Waals surface area contributed by atoms with Crippen molar-refractivity contribution in [3.63, 3.8) is 0 Å². The van der Waals surface area contributed by atoms with Crippen LogP contribution >= 0.6 is 11.6 Å². The molecule has 0 unspecified atom stereocenters. The van der Waals surface area contributed by atoms with Crippen molar-refractivity contribution in [2.45, 2.75) is 13.1 Å². The number of ether oxygens (including phenoxy) is 1. The number of benzene rings is 1. The fourth-order valence-electron chi connectivity index (χ4n) is 1.37. The van der Waals surface area contributed by atoms with Gasteiger partial charge in [0.15, 0.2) is 11.6 Å². The maximum absolute atomic E-state index is 12.4. The second kappa shape index (κ2) is 5.16. The van der Waals surface area contributed by atoms with E-state index in [9.17, 15) is 18.0 Å². The third kappa shape index (κ3) is 3.11. The van der Waals surface area contributed by atoms with Crippen LogP contribution in [-0.4, -0.2) is 11.0 Å². The third-order valence-corrected chi connectivity index (χ3v) is 2.59. The minimum Gasteiger partial charge on any atom is -0.448 e. The van der Waals surface area contributed by atoms with Gasteiger partial charge < -0.3 is 9.15 Å². The average molecular weight is 306 g/mol. The first-order chi connectivity index (χ1) is 9.27. The van der Waals surface area contributed by atoms with Crippen LogP contribution in [0.15, 0.2) is 28.9 Å². The molecule has 8 heteroatoms. The van der Waals surface area contributed by atoms with Gasteiger partial charge in [0.2, 0.25) is 0 Å². The van der Waals surface area contributed by atoms with Gasteiger partial charge in [-0.3, -0.25) is 0 Å². The zero-order valence-electron chi connectivity index (χ0n) is 9.99. The van der Waals surface area contributed by atoms with Crippen molar-refractivity contribution >= 4 is 17.6 Å². The number of esters is 1. The molecule has 0 aliphatic carbocycles. The Morgan fingerprint density at radius 3 is 2.60 bits per heavy atom. The summed E-state index contributed by atoms with van der Waals surface area (Å²) in [5.74, 6) is -0.802. The summed E-state index contributed by atoms with van der Waals surface area (Å²) in [6, 6.07) is 2.41. The van der Waals surface area contributed by atoms with Crippen LogP contribution in [0.3, 0.4) is 0 Å². The van der Waals surface area contributed by atoms with E-state index in [1.54, 1.807) is 0 Å². The minimum atomic E-state index is -4.52. The number of hydrogen-bond donors (Lipinski definition) is 0. The van der Waals surface area contributed by atoms with E-state index >= 15 is 0 Å². The van der Waals surface area contributed by atoms with Crippen LogP contribution in [0.5, 0.6) is 5.75 Å². The summed E-state index contributed by atoms with van der Waals surface area (Å²) in [5, 5.41) is -0.326. The summed E-state index contributed by atoms with van der Waals surface area (Å²) in [4.78, 5) is 15.4. The van der Waals surface area contributed by atoms with Crippen LogP contribution in [0.1, 0.15) is 21.9 Å². The lowest BCUT2D eigenvalue weighted by Crippen LogP contribution is -2.10.